The maximum absolute atomic E-state index is 12.9. The monoisotopic (exact) mass is 1040 g/mol. The first-order chi connectivity index (χ1) is 36.6. The molecule has 9 nitrogen and oxygen atoms in total. The molecule has 2 unspecified atom stereocenters. The first-order valence-corrected chi connectivity index (χ1v) is 29.7. The fourth-order valence-corrected chi connectivity index (χ4v) is 7.65. The maximum Gasteiger partial charge on any atom is 0.361 e. The van der Waals surface area contributed by atoms with Crippen LogP contribution in [-0.2, 0) is 33.3 Å². The number of unbranched alkanes of at least 4 members (excludes halogenated alkanes) is 18. The van der Waals surface area contributed by atoms with Crippen LogP contribution in [0.3, 0.4) is 0 Å². The average molecular weight is 1050 g/mol. The highest BCUT2D eigenvalue weighted by atomic mass is 16.7. The lowest BCUT2D eigenvalue weighted by molar-refractivity contribution is -0.870. The number of hydrogen-bond donors (Lipinski definition) is 1. The first kappa shape index (κ1) is 70.7. The normalized spacial score (nSPS) is 13.7. The Labute approximate surface area is 459 Å². The topological polar surface area (TPSA) is 108 Å². The van der Waals surface area contributed by atoms with Crippen LogP contribution in [-0.4, -0.2) is 87.4 Å². The Morgan fingerprint density at radius 3 is 1.13 bits per heavy atom. The number of likely N-dealkylation sites (N-methyl/N-ethyl adjacent to an activating group) is 1. The predicted molar refractivity (Wildman–Crippen MR) is 318 cm³/mol. The summed E-state index contributed by atoms with van der Waals surface area (Å²) in [5, 5.41) is 9.71. The number of allylic oxidation sites excluding steroid dienone is 20. The van der Waals surface area contributed by atoms with E-state index in [1.165, 1.54) is 64.2 Å². The number of esters is 2. The van der Waals surface area contributed by atoms with Gasteiger partial charge in [0, 0.05) is 12.8 Å². The second kappa shape index (κ2) is 55.9. The molecule has 9 heteroatoms. The van der Waals surface area contributed by atoms with Crippen molar-refractivity contribution in [1.82, 2.24) is 0 Å². The fourth-order valence-electron chi connectivity index (χ4n) is 7.65. The molecule has 0 aromatic heterocycles. The van der Waals surface area contributed by atoms with E-state index in [-0.39, 0.29) is 38.6 Å². The predicted octanol–water partition coefficient (Wildman–Crippen LogP) is 17.7. The molecule has 0 aliphatic rings. The van der Waals surface area contributed by atoms with Gasteiger partial charge in [0.05, 0.1) is 34.4 Å². The summed E-state index contributed by atoms with van der Waals surface area (Å²) < 4.78 is 22.9. The standard InChI is InChI=1S/C66H109NO8/c1-6-8-10-12-14-16-18-20-22-24-26-28-30-31-32-33-35-37-39-41-43-45-47-49-51-53-55-57-64(69)75-62(61-74-66(65(70)71)72-59-58-67(3,4)5)60-73-63(68)56-54-52-50-48-46-44-42-40-38-36-34-29-27-25-23-21-19-17-15-13-11-9-7-2/h8,10,14,16,19-22,25-28,31-32,34-37,41,43,62,66H,6-7,9,11-13,15,17-18,23-24,29-30,33,38-40,42,44-61H2,1-5H3/p+1/b10-8-,16-14-,21-19-,22-20-,27-25-,28-26-,32-31-,36-34-,37-35-,43-41-. The number of carboxylic acids is 1. The molecule has 426 valence electrons. The maximum atomic E-state index is 12.9. The number of ether oxygens (including phenoxy) is 4. The molecule has 0 bridgehead atoms. The zero-order chi connectivity index (χ0) is 54.8. The zero-order valence-electron chi connectivity index (χ0n) is 48.4. The molecule has 0 radical (unpaired) electrons. The summed E-state index contributed by atoms with van der Waals surface area (Å²) in [5.74, 6) is -2.05. The van der Waals surface area contributed by atoms with Crippen molar-refractivity contribution in [2.75, 3.05) is 47.5 Å². The average Bonchev–Trinajstić information content (AvgIpc) is 3.38. The molecular formula is C66H110NO8+. The van der Waals surface area contributed by atoms with Crippen LogP contribution in [0.2, 0.25) is 0 Å². The second-order valence-corrected chi connectivity index (χ2v) is 20.6. The van der Waals surface area contributed by atoms with Crippen molar-refractivity contribution in [2.45, 2.75) is 232 Å². The smallest absolute Gasteiger partial charge is 0.361 e. The van der Waals surface area contributed by atoms with Crippen molar-refractivity contribution in [3.05, 3.63) is 122 Å². The van der Waals surface area contributed by atoms with Crippen molar-refractivity contribution >= 4 is 17.9 Å². The van der Waals surface area contributed by atoms with Crippen LogP contribution < -0.4 is 0 Å². The van der Waals surface area contributed by atoms with E-state index in [9.17, 15) is 19.5 Å². The number of nitrogens with zero attached hydrogens (tertiary/aromatic N) is 1. The molecule has 1 N–H and O–H groups in total. The number of aliphatic carboxylic acids is 1. The van der Waals surface area contributed by atoms with Gasteiger partial charge in [0.25, 0.3) is 6.29 Å². The van der Waals surface area contributed by atoms with Gasteiger partial charge in [0.2, 0.25) is 0 Å². The molecule has 0 rings (SSSR count). The van der Waals surface area contributed by atoms with Gasteiger partial charge >= 0.3 is 17.9 Å². The zero-order valence-corrected chi connectivity index (χ0v) is 48.4. The Kier molecular flexibility index (Phi) is 52.7. The number of carbonyl (C=O) groups is 3. The summed E-state index contributed by atoms with van der Waals surface area (Å²) in [6, 6.07) is 0. The molecule has 0 aromatic carbocycles. The van der Waals surface area contributed by atoms with Gasteiger partial charge in [-0.2, -0.15) is 0 Å². The SMILES string of the molecule is CC/C=C\C/C=C\C/C=C\C/C=C\C/C=C\C/C=C\C/C=C\CCCCCCCC(=O)OC(COC(=O)CCCCCCCCCC/C=C\C/C=C\C/C=C\CCCCCCC)COC(OCC[N+](C)(C)C)C(=O)O. The molecule has 75 heavy (non-hydrogen) atoms. The molecule has 0 aliphatic carbocycles. The van der Waals surface area contributed by atoms with Crippen LogP contribution in [0.5, 0.6) is 0 Å². The lowest BCUT2D eigenvalue weighted by Gasteiger charge is -2.25. The summed E-state index contributed by atoms with van der Waals surface area (Å²) in [6.45, 7) is 4.71. The summed E-state index contributed by atoms with van der Waals surface area (Å²) >= 11 is 0. The van der Waals surface area contributed by atoms with Crippen molar-refractivity contribution < 1.29 is 42.9 Å². The van der Waals surface area contributed by atoms with E-state index in [1.807, 2.05) is 21.1 Å². The molecule has 0 fully saturated rings. The number of carbonyl (C=O) groups excluding carboxylic acids is 2. The third-order valence-corrected chi connectivity index (χ3v) is 12.2. The molecule has 0 amide bonds. The van der Waals surface area contributed by atoms with E-state index in [4.69, 9.17) is 18.9 Å². The minimum atomic E-state index is -1.53. The van der Waals surface area contributed by atoms with Gasteiger partial charge in [-0.25, -0.2) is 4.79 Å². The van der Waals surface area contributed by atoms with Gasteiger partial charge in [-0.1, -0.05) is 219 Å². The van der Waals surface area contributed by atoms with E-state index in [0.717, 1.165) is 122 Å². The largest absolute Gasteiger partial charge is 0.477 e. The Morgan fingerprint density at radius 1 is 0.413 bits per heavy atom. The highest BCUT2D eigenvalue weighted by Gasteiger charge is 2.25. The molecule has 0 saturated heterocycles. The Morgan fingerprint density at radius 2 is 0.760 bits per heavy atom. The minimum Gasteiger partial charge on any atom is -0.477 e. The Bertz CT molecular complexity index is 1640. The van der Waals surface area contributed by atoms with E-state index >= 15 is 0 Å². The fraction of sp³-hybridized carbons (Fsp3) is 0.652. The molecule has 2 atom stereocenters. The van der Waals surface area contributed by atoms with Crippen LogP contribution in [0.1, 0.15) is 219 Å². The quantitative estimate of drug-likeness (QED) is 0.0211. The lowest BCUT2D eigenvalue weighted by atomic mass is 10.1. The molecule has 0 saturated carbocycles. The number of rotatable bonds is 53. The molecular weight excluding hydrogens is 935 g/mol. The van der Waals surface area contributed by atoms with Crippen LogP contribution >= 0.6 is 0 Å². The summed E-state index contributed by atoms with van der Waals surface area (Å²) in [7, 11) is 5.95. The highest BCUT2D eigenvalue weighted by Crippen LogP contribution is 2.14. The summed E-state index contributed by atoms with van der Waals surface area (Å²) in [4.78, 5) is 37.5. The Hall–Kier alpha value is -4.31. The Balaban J connectivity index is 4.35. The van der Waals surface area contributed by atoms with E-state index in [0.29, 0.717) is 17.4 Å². The van der Waals surface area contributed by atoms with Gasteiger partial charge in [-0.05, 0) is 109 Å². The summed E-state index contributed by atoms with van der Waals surface area (Å²) in [6.07, 6.45) is 75.5. The van der Waals surface area contributed by atoms with Crippen LogP contribution in [0.25, 0.3) is 0 Å². The number of carboxylic acid groups (broad SMARTS) is 1. The molecule has 0 spiro atoms. The van der Waals surface area contributed by atoms with Crippen LogP contribution in [0, 0.1) is 0 Å². The van der Waals surface area contributed by atoms with Gasteiger partial charge in [-0.3, -0.25) is 9.59 Å². The van der Waals surface area contributed by atoms with Crippen LogP contribution in [0.4, 0.5) is 0 Å². The molecule has 0 aliphatic heterocycles. The summed E-state index contributed by atoms with van der Waals surface area (Å²) in [5.41, 5.74) is 0. The van der Waals surface area contributed by atoms with Crippen molar-refractivity contribution in [3.8, 4) is 0 Å². The van der Waals surface area contributed by atoms with E-state index < -0.39 is 24.3 Å². The van der Waals surface area contributed by atoms with Crippen LogP contribution in [0.15, 0.2) is 122 Å². The third kappa shape index (κ3) is 57.2. The minimum absolute atomic E-state index is 0.175. The second-order valence-electron chi connectivity index (χ2n) is 20.6. The lowest BCUT2D eigenvalue weighted by Crippen LogP contribution is -2.40. The molecule has 0 aromatic rings. The van der Waals surface area contributed by atoms with Crippen molar-refractivity contribution in [1.29, 1.82) is 0 Å². The van der Waals surface area contributed by atoms with Crippen molar-refractivity contribution in [3.63, 3.8) is 0 Å². The van der Waals surface area contributed by atoms with Gasteiger partial charge in [0.15, 0.2) is 6.10 Å². The van der Waals surface area contributed by atoms with E-state index in [2.05, 4.69) is 135 Å². The number of quaternary nitrogens is 1. The van der Waals surface area contributed by atoms with Gasteiger partial charge in [-0.15, -0.1) is 0 Å². The van der Waals surface area contributed by atoms with Gasteiger partial charge in [0.1, 0.15) is 13.2 Å². The number of hydrogen-bond acceptors (Lipinski definition) is 7. The third-order valence-electron chi connectivity index (χ3n) is 12.2. The molecule has 0 heterocycles. The van der Waals surface area contributed by atoms with Crippen molar-refractivity contribution in [2.24, 2.45) is 0 Å². The first-order valence-electron chi connectivity index (χ1n) is 29.7. The van der Waals surface area contributed by atoms with E-state index in [1.54, 1.807) is 0 Å². The van der Waals surface area contributed by atoms with Gasteiger partial charge < -0.3 is 28.5 Å². The highest BCUT2D eigenvalue weighted by molar-refractivity contribution is 5.71.